The van der Waals surface area contributed by atoms with Gasteiger partial charge in [0.1, 0.15) is 10.5 Å². The zero-order valence-electron chi connectivity index (χ0n) is 6.63. The largest absolute Gasteiger partial charge is 0.506 e. The molecule has 6 nitrogen and oxygen atoms in total. The number of hydrogen-bond donors (Lipinski definition) is 3. The van der Waals surface area contributed by atoms with Gasteiger partial charge in [-0.05, 0) is 18.2 Å². The van der Waals surface area contributed by atoms with E-state index in [9.17, 15) is 13.2 Å². The second kappa shape index (κ2) is 3.28. The molecule has 0 amide bonds. The summed E-state index contributed by atoms with van der Waals surface area (Å²) in [5.74, 6) is -2.51. The van der Waals surface area contributed by atoms with Crippen LogP contribution in [-0.4, -0.2) is 29.2 Å². The first-order valence-corrected chi connectivity index (χ1v) is 4.72. The van der Waals surface area contributed by atoms with Crippen LogP contribution in [0.4, 0.5) is 0 Å². The molecule has 0 fully saturated rings. The van der Waals surface area contributed by atoms with Crippen molar-refractivity contribution in [1.29, 1.82) is 0 Å². The first-order valence-electron chi connectivity index (χ1n) is 3.28. The summed E-state index contributed by atoms with van der Waals surface area (Å²) >= 11 is 0. The molecule has 0 unspecified atom stereocenters. The van der Waals surface area contributed by atoms with E-state index in [0.717, 1.165) is 12.1 Å². The third kappa shape index (κ3) is 1.83. The van der Waals surface area contributed by atoms with E-state index in [0.29, 0.717) is 0 Å². The summed E-state index contributed by atoms with van der Waals surface area (Å²) in [6.07, 6.45) is 0. The Kier molecular flexibility index (Phi) is 2.45. The predicted molar refractivity (Wildman–Crippen MR) is 43.7 cm³/mol. The van der Waals surface area contributed by atoms with Gasteiger partial charge in [0.15, 0.2) is 5.75 Å². The Morgan fingerprint density at radius 1 is 1.36 bits per heavy atom. The SMILES string of the molecule is O=C(O)c1c[c]cc(S(=O)(=O)O)c1O. The summed E-state index contributed by atoms with van der Waals surface area (Å²) in [6, 6.07) is 3.85. The summed E-state index contributed by atoms with van der Waals surface area (Å²) in [5, 5.41) is 17.7. The average Bonchev–Trinajstić information content (AvgIpc) is 2.01. The van der Waals surface area contributed by atoms with Gasteiger partial charge in [0.2, 0.25) is 0 Å². The average molecular weight is 217 g/mol. The number of benzene rings is 1. The van der Waals surface area contributed by atoms with Crippen molar-refractivity contribution in [1.82, 2.24) is 0 Å². The standard InChI is InChI=1S/C7H5O6S/c8-6-4(7(9)10)2-1-3-5(6)14(11,12)13/h2-3,8H,(H,9,10)(H,11,12,13). The third-order valence-electron chi connectivity index (χ3n) is 1.44. The Labute approximate surface area is 79.2 Å². The van der Waals surface area contributed by atoms with E-state index in [1.165, 1.54) is 0 Å². The first kappa shape index (κ1) is 10.5. The zero-order chi connectivity index (χ0) is 10.9. The van der Waals surface area contributed by atoms with E-state index in [1.807, 2.05) is 0 Å². The van der Waals surface area contributed by atoms with Gasteiger partial charge in [0, 0.05) is 0 Å². The molecule has 0 spiro atoms. The molecule has 3 N–H and O–H groups in total. The lowest BCUT2D eigenvalue weighted by Crippen LogP contribution is -2.03. The van der Waals surface area contributed by atoms with E-state index in [4.69, 9.17) is 14.8 Å². The van der Waals surface area contributed by atoms with Crippen LogP contribution in [0.3, 0.4) is 0 Å². The van der Waals surface area contributed by atoms with Crippen LogP contribution >= 0.6 is 0 Å². The number of hydrogen-bond acceptors (Lipinski definition) is 4. The van der Waals surface area contributed by atoms with Gasteiger partial charge in [0.25, 0.3) is 10.1 Å². The van der Waals surface area contributed by atoms with Gasteiger partial charge in [0.05, 0.1) is 0 Å². The van der Waals surface area contributed by atoms with E-state index in [1.54, 1.807) is 0 Å². The van der Waals surface area contributed by atoms with Crippen molar-refractivity contribution in [3.63, 3.8) is 0 Å². The number of aromatic carboxylic acids is 1. The number of aromatic hydroxyl groups is 1. The molecule has 1 radical (unpaired) electrons. The molecule has 0 bridgehead atoms. The fourth-order valence-corrected chi connectivity index (χ4v) is 1.40. The molecule has 0 aromatic heterocycles. The first-order chi connectivity index (χ1) is 6.34. The fraction of sp³-hybridized carbons (Fsp3) is 0. The summed E-state index contributed by atoms with van der Waals surface area (Å²) in [7, 11) is -4.63. The third-order valence-corrected chi connectivity index (χ3v) is 2.31. The van der Waals surface area contributed by atoms with Crippen LogP contribution in [-0.2, 0) is 10.1 Å². The molecular formula is C7H5O6S. The molecule has 0 saturated carbocycles. The van der Waals surface area contributed by atoms with Gasteiger partial charge in [-0.2, -0.15) is 8.42 Å². The van der Waals surface area contributed by atoms with Crippen molar-refractivity contribution >= 4 is 16.1 Å². The molecule has 1 aromatic carbocycles. The van der Waals surface area contributed by atoms with Gasteiger partial charge in [-0.25, -0.2) is 4.79 Å². The zero-order valence-corrected chi connectivity index (χ0v) is 7.45. The lowest BCUT2D eigenvalue weighted by molar-refractivity contribution is 0.0693. The molecule has 1 aromatic rings. The van der Waals surface area contributed by atoms with Crippen LogP contribution in [0.1, 0.15) is 10.4 Å². The highest BCUT2D eigenvalue weighted by atomic mass is 32.2. The van der Waals surface area contributed by atoms with Crippen LogP contribution in [0.5, 0.6) is 5.75 Å². The van der Waals surface area contributed by atoms with Crippen molar-refractivity contribution in [2.24, 2.45) is 0 Å². The fourth-order valence-electron chi connectivity index (χ4n) is 0.830. The number of rotatable bonds is 2. The van der Waals surface area contributed by atoms with Crippen molar-refractivity contribution in [2.45, 2.75) is 4.90 Å². The second-order valence-electron chi connectivity index (χ2n) is 2.36. The maximum atomic E-state index is 10.6. The number of phenols is 1. The Hall–Kier alpha value is -1.60. The summed E-state index contributed by atoms with van der Waals surface area (Å²) < 4.78 is 29.8. The molecule has 0 heterocycles. The maximum Gasteiger partial charge on any atom is 0.339 e. The van der Waals surface area contributed by atoms with Crippen LogP contribution in [0.15, 0.2) is 17.0 Å². The van der Waals surface area contributed by atoms with Gasteiger partial charge >= 0.3 is 5.97 Å². The van der Waals surface area contributed by atoms with Crippen molar-refractivity contribution in [3.05, 3.63) is 23.8 Å². The van der Waals surface area contributed by atoms with Gasteiger partial charge in [-0.15, -0.1) is 0 Å². The molecule has 0 aliphatic carbocycles. The molecule has 1 rings (SSSR count). The lowest BCUT2D eigenvalue weighted by Gasteiger charge is -2.02. The minimum atomic E-state index is -4.63. The predicted octanol–water partition coefficient (Wildman–Crippen LogP) is 0.137. The summed E-state index contributed by atoms with van der Waals surface area (Å²) in [5.41, 5.74) is -0.639. The van der Waals surface area contributed by atoms with E-state index in [2.05, 4.69) is 6.07 Å². The minimum Gasteiger partial charge on any atom is -0.506 e. The Bertz CT molecular complexity index is 475. The maximum absolute atomic E-state index is 10.6. The number of carboxylic acid groups (broad SMARTS) is 1. The molecular weight excluding hydrogens is 212 g/mol. The van der Waals surface area contributed by atoms with Crippen LogP contribution in [0.2, 0.25) is 0 Å². The van der Waals surface area contributed by atoms with Gasteiger partial charge in [-0.3, -0.25) is 4.55 Å². The summed E-state index contributed by atoms with van der Waals surface area (Å²) in [6.45, 7) is 0. The van der Waals surface area contributed by atoms with Crippen molar-refractivity contribution < 1.29 is 28.0 Å². The Morgan fingerprint density at radius 2 is 1.93 bits per heavy atom. The van der Waals surface area contributed by atoms with E-state index in [-0.39, 0.29) is 0 Å². The number of carboxylic acids is 1. The van der Waals surface area contributed by atoms with Crippen molar-refractivity contribution in [3.8, 4) is 5.75 Å². The molecule has 14 heavy (non-hydrogen) atoms. The van der Waals surface area contributed by atoms with E-state index >= 15 is 0 Å². The topological polar surface area (TPSA) is 112 Å². The van der Waals surface area contributed by atoms with Crippen LogP contribution < -0.4 is 0 Å². The smallest absolute Gasteiger partial charge is 0.339 e. The Morgan fingerprint density at radius 3 is 2.36 bits per heavy atom. The molecule has 0 aliphatic rings. The highest BCUT2D eigenvalue weighted by Crippen LogP contribution is 2.25. The van der Waals surface area contributed by atoms with E-state index < -0.39 is 32.3 Å². The van der Waals surface area contributed by atoms with Gasteiger partial charge in [-0.1, -0.05) is 0 Å². The molecule has 7 heteroatoms. The number of carbonyl (C=O) groups is 1. The molecule has 75 valence electrons. The second-order valence-corrected chi connectivity index (χ2v) is 3.75. The highest BCUT2D eigenvalue weighted by Gasteiger charge is 2.20. The van der Waals surface area contributed by atoms with Gasteiger partial charge < -0.3 is 10.2 Å². The summed E-state index contributed by atoms with van der Waals surface area (Å²) in [4.78, 5) is 9.57. The van der Waals surface area contributed by atoms with Crippen LogP contribution in [0.25, 0.3) is 0 Å². The molecule has 0 atom stereocenters. The quantitative estimate of drug-likeness (QED) is 0.607. The molecule has 0 saturated heterocycles. The minimum absolute atomic E-state index is 0.639. The van der Waals surface area contributed by atoms with Crippen LogP contribution in [0, 0.1) is 6.07 Å². The lowest BCUT2D eigenvalue weighted by atomic mass is 10.2. The van der Waals surface area contributed by atoms with Crippen molar-refractivity contribution in [2.75, 3.05) is 0 Å². The highest BCUT2D eigenvalue weighted by molar-refractivity contribution is 7.86. The normalized spacial score (nSPS) is 11.2. The Balaban J connectivity index is 3.51. The monoisotopic (exact) mass is 217 g/mol. The molecule has 0 aliphatic heterocycles.